The van der Waals surface area contributed by atoms with Gasteiger partial charge in [0.15, 0.2) is 0 Å². The van der Waals surface area contributed by atoms with Crippen molar-refractivity contribution in [3.05, 3.63) is 29.8 Å². The number of hydrogen-bond acceptors (Lipinski definition) is 5. The summed E-state index contributed by atoms with van der Waals surface area (Å²) in [5, 5.41) is 8.83. The van der Waals surface area contributed by atoms with Crippen molar-refractivity contribution in [2.45, 2.75) is 45.2 Å². The highest BCUT2D eigenvalue weighted by atomic mass is 16.2. The smallest absolute Gasteiger partial charge is 0.251 e. The molecule has 3 N–H and O–H groups in total. The summed E-state index contributed by atoms with van der Waals surface area (Å²) in [6.07, 6.45) is 3.00. The molecule has 3 amide bonds. The van der Waals surface area contributed by atoms with Crippen molar-refractivity contribution >= 4 is 23.4 Å². The molecule has 1 aromatic carbocycles. The molecule has 0 unspecified atom stereocenters. The second-order valence-electron chi connectivity index (χ2n) is 8.31. The molecular weight excluding hydrogens is 382 g/mol. The van der Waals surface area contributed by atoms with E-state index in [-0.39, 0.29) is 23.8 Å². The quantitative estimate of drug-likeness (QED) is 0.561. The number of piperazine rings is 1. The molecule has 2 fully saturated rings. The number of anilines is 1. The third kappa shape index (κ3) is 7.11. The lowest BCUT2D eigenvalue weighted by molar-refractivity contribution is -0.124. The summed E-state index contributed by atoms with van der Waals surface area (Å²) in [7, 11) is 0. The number of nitrogens with zero attached hydrogens (tertiary/aromatic N) is 2. The number of amides is 3. The van der Waals surface area contributed by atoms with Gasteiger partial charge in [-0.05, 0) is 44.4 Å². The summed E-state index contributed by atoms with van der Waals surface area (Å²) in [6.45, 7) is 7.76. The van der Waals surface area contributed by atoms with E-state index in [1.807, 2.05) is 13.8 Å². The molecule has 1 aliphatic heterocycles. The highest BCUT2D eigenvalue weighted by Crippen LogP contribution is 2.20. The molecule has 3 rings (SSSR count). The lowest BCUT2D eigenvalue weighted by Crippen LogP contribution is -2.51. The van der Waals surface area contributed by atoms with Crippen LogP contribution in [0.2, 0.25) is 0 Å². The van der Waals surface area contributed by atoms with Crippen LogP contribution in [0.3, 0.4) is 0 Å². The third-order valence-corrected chi connectivity index (χ3v) is 5.54. The molecule has 164 valence electrons. The van der Waals surface area contributed by atoms with E-state index in [1.54, 1.807) is 24.3 Å². The van der Waals surface area contributed by atoms with E-state index in [4.69, 9.17) is 0 Å². The molecule has 1 heterocycles. The van der Waals surface area contributed by atoms with Crippen LogP contribution < -0.4 is 16.0 Å². The average molecular weight is 416 g/mol. The Balaban J connectivity index is 1.39. The number of nitrogens with one attached hydrogen (secondary N) is 3. The largest absolute Gasteiger partial charge is 0.353 e. The minimum absolute atomic E-state index is 0.0566. The first-order chi connectivity index (χ1) is 14.4. The Bertz CT molecular complexity index is 757. The van der Waals surface area contributed by atoms with Gasteiger partial charge < -0.3 is 16.0 Å². The van der Waals surface area contributed by atoms with Crippen molar-refractivity contribution in [3.63, 3.8) is 0 Å². The van der Waals surface area contributed by atoms with Gasteiger partial charge in [0.1, 0.15) is 0 Å². The first-order valence-electron chi connectivity index (χ1n) is 10.9. The number of hydrogen-bond donors (Lipinski definition) is 3. The van der Waals surface area contributed by atoms with Crippen LogP contribution >= 0.6 is 0 Å². The molecule has 0 radical (unpaired) electrons. The second-order valence-corrected chi connectivity index (χ2v) is 8.31. The predicted octanol–water partition coefficient (Wildman–Crippen LogP) is 1.05. The Hall–Kier alpha value is -2.45. The number of benzene rings is 1. The van der Waals surface area contributed by atoms with Gasteiger partial charge in [0, 0.05) is 49.5 Å². The van der Waals surface area contributed by atoms with E-state index in [1.165, 1.54) is 0 Å². The molecule has 1 saturated carbocycles. The second kappa shape index (κ2) is 10.5. The fraction of sp³-hybridized carbons (Fsp3) is 0.591. The number of carbonyl (C=O) groups is 3. The maximum atomic E-state index is 12.4. The Morgan fingerprint density at radius 1 is 1.03 bits per heavy atom. The van der Waals surface area contributed by atoms with Gasteiger partial charge in [-0.15, -0.1) is 0 Å². The highest BCUT2D eigenvalue weighted by molar-refractivity contribution is 5.97. The van der Waals surface area contributed by atoms with Gasteiger partial charge in [-0.3, -0.25) is 24.2 Å². The van der Waals surface area contributed by atoms with Gasteiger partial charge in [-0.25, -0.2) is 0 Å². The van der Waals surface area contributed by atoms with Crippen molar-refractivity contribution in [1.29, 1.82) is 0 Å². The first-order valence-corrected chi connectivity index (χ1v) is 10.9. The minimum Gasteiger partial charge on any atom is -0.353 e. The van der Waals surface area contributed by atoms with E-state index < -0.39 is 0 Å². The van der Waals surface area contributed by atoms with Crippen LogP contribution in [0.5, 0.6) is 0 Å². The SMILES string of the molecule is CC[C@@H](C)NC(=O)CN1CCN(CC(=O)Nc2cccc(C(=O)NC3CC3)c2)CC1. The maximum absolute atomic E-state index is 12.4. The van der Waals surface area contributed by atoms with Crippen LogP contribution in [0.25, 0.3) is 0 Å². The van der Waals surface area contributed by atoms with Crippen LogP contribution in [-0.4, -0.2) is 78.9 Å². The van der Waals surface area contributed by atoms with E-state index in [0.717, 1.165) is 45.4 Å². The lowest BCUT2D eigenvalue weighted by atomic mass is 10.2. The maximum Gasteiger partial charge on any atom is 0.251 e. The van der Waals surface area contributed by atoms with E-state index >= 15 is 0 Å². The zero-order valence-electron chi connectivity index (χ0n) is 17.9. The molecule has 0 aromatic heterocycles. The molecular formula is C22H33N5O3. The third-order valence-electron chi connectivity index (χ3n) is 5.54. The zero-order valence-corrected chi connectivity index (χ0v) is 17.9. The Morgan fingerprint density at radius 3 is 2.27 bits per heavy atom. The van der Waals surface area contributed by atoms with Crippen LogP contribution in [0.4, 0.5) is 5.69 Å². The molecule has 8 heteroatoms. The standard InChI is InChI=1S/C22H33N5O3/c1-3-16(2)23-20(28)14-26-9-11-27(12-10-26)15-21(29)24-19-6-4-5-17(13-19)22(30)25-18-7-8-18/h4-6,13,16,18H,3,7-12,14-15H2,1-2H3,(H,23,28)(H,24,29)(H,25,30)/t16-/m1/s1. The summed E-state index contributed by atoms with van der Waals surface area (Å²) in [4.78, 5) is 40.8. The monoisotopic (exact) mass is 415 g/mol. The number of rotatable bonds is 9. The van der Waals surface area contributed by atoms with E-state index in [0.29, 0.717) is 30.4 Å². The molecule has 1 aliphatic carbocycles. The minimum atomic E-state index is -0.0993. The Labute approximate surface area is 178 Å². The van der Waals surface area contributed by atoms with Gasteiger partial charge in [-0.1, -0.05) is 13.0 Å². The van der Waals surface area contributed by atoms with Crippen LogP contribution in [0, 0.1) is 0 Å². The number of carbonyl (C=O) groups excluding carboxylic acids is 3. The molecule has 1 atom stereocenters. The molecule has 0 bridgehead atoms. The topological polar surface area (TPSA) is 93.8 Å². The van der Waals surface area contributed by atoms with E-state index in [9.17, 15) is 14.4 Å². The van der Waals surface area contributed by atoms with Crippen molar-refractivity contribution < 1.29 is 14.4 Å². The summed E-state index contributed by atoms with van der Waals surface area (Å²) >= 11 is 0. The average Bonchev–Trinajstić information content (AvgIpc) is 3.53. The van der Waals surface area contributed by atoms with Crippen LogP contribution in [-0.2, 0) is 9.59 Å². The van der Waals surface area contributed by atoms with E-state index in [2.05, 4.69) is 25.8 Å². The lowest BCUT2D eigenvalue weighted by Gasteiger charge is -2.34. The van der Waals surface area contributed by atoms with Crippen LogP contribution in [0.15, 0.2) is 24.3 Å². The van der Waals surface area contributed by atoms with Gasteiger partial charge in [0.05, 0.1) is 13.1 Å². The van der Waals surface area contributed by atoms with Crippen molar-refractivity contribution in [2.75, 3.05) is 44.6 Å². The normalized spacial score (nSPS) is 18.5. The predicted molar refractivity (Wildman–Crippen MR) is 116 cm³/mol. The fourth-order valence-corrected chi connectivity index (χ4v) is 3.37. The Morgan fingerprint density at radius 2 is 1.67 bits per heavy atom. The van der Waals surface area contributed by atoms with Crippen molar-refractivity contribution in [3.8, 4) is 0 Å². The highest BCUT2D eigenvalue weighted by Gasteiger charge is 2.24. The molecule has 0 spiro atoms. The summed E-state index contributed by atoms with van der Waals surface area (Å²) < 4.78 is 0. The summed E-state index contributed by atoms with van der Waals surface area (Å²) in [5.41, 5.74) is 1.19. The van der Waals surface area contributed by atoms with Gasteiger partial charge in [0.2, 0.25) is 11.8 Å². The molecule has 1 saturated heterocycles. The molecule has 2 aliphatic rings. The first kappa shape index (κ1) is 22.2. The van der Waals surface area contributed by atoms with Crippen molar-refractivity contribution in [2.24, 2.45) is 0 Å². The summed E-state index contributed by atoms with van der Waals surface area (Å²) in [6, 6.07) is 7.53. The molecule has 8 nitrogen and oxygen atoms in total. The molecule has 30 heavy (non-hydrogen) atoms. The fourth-order valence-electron chi connectivity index (χ4n) is 3.37. The van der Waals surface area contributed by atoms with Gasteiger partial charge >= 0.3 is 0 Å². The van der Waals surface area contributed by atoms with Gasteiger partial charge in [-0.2, -0.15) is 0 Å². The van der Waals surface area contributed by atoms with Crippen molar-refractivity contribution in [1.82, 2.24) is 20.4 Å². The Kier molecular flexibility index (Phi) is 7.81. The van der Waals surface area contributed by atoms with Crippen LogP contribution in [0.1, 0.15) is 43.5 Å². The van der Waals surface area contributed by atoms with Gasteiger partial charge in [0.25, 0.3) is 5.91 Å². The molecule has 1 aromatic rings. The zero-order chi connectivity index (χ0) is 21.5. The summed E-state index contributed by atoms with van der Waals surface area (Å²) in [5.74, 6) is -0.138.